The number of nitrogens with one attached hydrogen (secondary N) is 1. The molecule has 2 atom stereocenters. The van der Waals surface area contributed by atoms with E-state index in [1.807, 2.05) is 0 Å². The van der Waals surface area contributed by atoms with E-state index in [1.165, 1.54) is 12.8 Å². The molecule has 1 aliphatic rings. The number of rotatable bonds is 2. The first-order valence-corrected chi connectivity index (χ1v) is 4.50. The molecular formula is C9H19NO. The summed E-state index contributed by atoms with van der Waals surface area (Å²) in [5.74, 6) is 0.757. The van der Waals surface area contributed by atoms with Crippen LogP contribution in [-0.4, -0.2) is 25.8 Å². The second-order valence-corrected chi connectivity index (χ2v) is 3.69. The van der Waals surface area contributed by atoms with E-state index in [0.717, 1.165) is 12.5 Å². The van der Waals surface area contributed by atoms with Crippen LogP contribution in [0.5, 0.6) is 0 Å². The molecule has 0 aromatic rings. The summed E-state index contributed by atoms with van der Waals surface area (Å²) in [6.45, 7) is 5.56. The van der Waals surface area contributed by atoms with E-state index in [9.17, 15) is 0 Å². The van der Waals surface area contributed by atoms with E-state index in [2.05, 4.69) is 19.2 Å². The number of methoxy groups -OCH3 is 1. The topological polar surface area (TPSA) is 21.3 Å². The zero-order valence-electron chi connectivity index (χ0n) is 7.76. The average molecular weight is 157 g/mol. The molecule has 1 saturated heterocycles. The van der Waals surface area contributed by atoms with Gasteiger partial charge in [0.1, 0.15) is 0 Å². The van der Waals surface area contributed by atoms with Crippen LogP contribution in [0.25, 0.3) is 0 Å². The summed E-state index contributed by atoms with van der Waals surface area (Å²) in [5.41, 5.74) is 0. The summed E-state index contributed by atoms with van der Waals surface area (Å²) in [6.07, 6.45) is 2.92. The van der Waals surface area contributed by atoms with Crippen LogP contribution in [0.4, 0.5) is 0 Å². The monoisotopic (exact) mass is 157 g/mol. The highest BCUT2D eigenvalue weighted by atomic mass is 16.5. The second kappa shape index (κ2) is 4.07. The van der Waals surface area contributed by atoms with Gasteiger partial charge < -0.3 is 10.1 Å². The Morgan fingerprint density at radius 3 is 2.45 bits per heavy atom. The Kier molecular flexibility index (Phi) is 3.34. The zero-order chi connectivity index (χ0) is 8.27. The van der Waals surface area contributed by atoms with E-state index < -0.39 is 0 Å². The average Bonchev–Trinajstić information content (AvgIpc) is 2.05. The molecule has 1 fully saturated rings. The molecule has 2 heteroatoms. The first-order valence-electron chi connectivity index (χ1n) is 4.50. The van der Waals surface area contributed by atoms with E-state index in [4.69, 9.17) is 4.74 Å². The number of ether oxygens (including phenoxy) is 1. The highest BCUT2D eigenvalue weighted by molar-refractivity contribution is 4.79. The quantitative estimate of drug-likeness (QED) is 0.654. The highest BCUT2D eigenvalue weighted by Crippen LogP contribution is 2.15. The summed E-state index contributed by atoms with van der Waals surface area (Å²) < 4.78 is 5.26. The Labute approximate surface area is 69.3 Å². The maximum absolute atomic E-state index is 5.26. The maximum atomic E-state index is 5.26. The second-order valence-electron chi connectivity index (χ2n) is 3.69. The summed E-state index contributed by atoms with van der Waals surface area (Å²) in [6, 6.07) is 0.710. The van der Waals surface area contributed by atoms with Gasteiger partial charge in [-0.2, -0.15) is 0 Å². The summed E-state index contributed by atoms with van der Waals surface area (Å²) in [4.78, 5) is 0. The van der Waals surface area contributed by atoms with Gasteiger partial charge in [0.15, 0.2) is 0 Å². The standard InChI is InChI=1S/C9H19NO/c1-7(2)9-5-4-8(11-3)6-10-9/h7-10H,4-6H2,1-3H3. The lowest BCUT2D eigenvalue weighted by molar-refractivity contribution is 0.0650. The molecule has 66 valence electrons. The number of hydrogen-bond donors (Lipinski definition) is 1. The van der Waals surface area contributed by atoms with Crippen LogP contribution in [0.15, 0.2) is 0 Å². The Bertz CT molecular complexity index is 106. The first-order chi connectivity index (χ1) is 5.24. The molecule has 1 N–H and O–H groups in total. The minimum absolute atomic E-state index is 0.449. The molecule has 0 saturated carbocycles. The van der Waals surface area contributed by atoms with Gasteiger partial charge in [-0.1, -0.05) is 13.8 Å². The molecule has 0 amide bonds. The van der Waals surface area contributed by atoms with Gasteiger partial charge in [0.2, 0.25) is 0 Å². The molecule has 0 aromatic carbocycles. The fourth-order valence-corrected chi connectivity index (χ4v) is 1.62. The summed E-state index contributed by atoms with van der Waals surface area (Å²) in [7, 11) is 1.79. The van der Waals surface area contributed by atoms with Gasteiger partial charge in [0, 0.05) is 19.7 Å². The minimum atomic E-state index is 0.449. The molecule has 1 heterocycles. The van der Waals surface area contributed by atoms with Gasteiger partial charge in [-0.15, -0.1) is 0 Å². The van der Waals surface area contributed by atoms with Gasteiger partial charge in [-0.05, 0) is 18.8 Å². The number of hydrogen-bond acceptors (Lipinski definition) is 2. The molecule has 1 aliphatic heterocycles. The molecule has 2 unspecified atom stereocenters. The molecule has 0 aromatic heterocycles. The normalized spacial score (nSPS) is 32.7. The maximum Gasteiger partial charge on any atom is 0.0696 e. The fraction of sp³-hybridized carbons (Fsp3) is 1.00. The van der Waals surface area contributed by atoms with Crippen LogP contribution in [0.2, 0.25) is 0 Å². The molecular weight excluding hydrogens is 138 g/mol. The van der Waals surface area contributed by atoms with Crippen molar-refractivity contribution in [2.75, 3.05) is 13.7 Å². The van der Waals surface area contributed by atoms with Crippen LogP contribution < -0.4 is 5.32 Å². The van der Waals surface area contributed by atoms with Crippen LogP contribution in [0.1, 0.15) is 26.7 Å². The summed E-state index contributed by atoms with van der Waals surface area (Å²) in [5, 5.41) is 3.49. The lowest BCUT2D eigenvalue weighted by Gasteiger charge is -2.31. The van der Waals surface area contributed by atoms with Crippen LogP contribution in [0.3, 0.4) is 0 Å². The third-order valence-corrected chi connectivity index (χ3v) is 2.55. The molecule has 0 bridgehead atoms. The van der Waals surface area contributed by atoms with Crippen molar-refractivity contribution in [1.82, 2.24) is 5.32 Å². The Morgan fingerprint density at radius 1 is 1.36 bits per heavy atom. The third-order valence-electron chi connectivity index (χ3n) is 2.55. The molecule has 2 nitrogen and oxygen atoms in total. The van der Waals surface area contributed by atoms with Crippen LogP contribution in [-0.2, 0) is 4.74 Å². The van der Waals surface area contributed by atoms with Crippen molar-refractivity contribution in [2.45, 2.75) is 38.8 Å². The lowest BCUT2D eigenvalue weighted by atomic mass is 9.94. The Balaban J connectivity index is 2.24. The van der Waals surface area contributed by atoms with E-state index in [-0.39, 0.29) is 0 Å². The van der Waals surface area contributed by atoms with Gasteiger partial charge in [0.05, 0.1) is 6.10 Å². The predicted octanol–water partition coefficient (Wildman–Crippen LogP) is 1.41. The van der Waals surface area contributed by atoms with Gasteiger partial charge >= 0.3 is 0 Å². The van der Waals surface area contributed by atoms with Crippen molar-refractivity contribution in [3.8, 4) is 0 Å². The fourth-order valence-electron chi connectivity index (χ4n) is 1.62. The van der Waals surface area contributed by atoms with E-state index in [1.54, 1.807) is 7.11 Å². The van der Waals surface area contributed by atoms with E-state index >= 15 is 0 Å². The van der Waals surface area contributed by atoms with Gasteiger partial charge in [0.25, 0.3) is 0 Å². The molecule has 0 spiro atoms. The SMILES string of the molecule is COC1CCC(C(C)C)NC1. The van der Waals surface area contributed by atoms with Crippen LogP contribution in [0, 0.1) is 5.92 Å². The zero-order valence-corrected chi connectivity index (χ0v) is 7.76. The summed E-state index contributed by atoms with van der Waals surface area (Å²) >= 11 is 0. The first kappa shape index (κ1) is 9.01. The third kappa shape index (κ3) is 2.46. The predicted molar refractivity (Wildman–Crippen MR) is 46.7 cm³/mol. The molecule has 1 rings (SSSR count). The van der Waals surface area contributed by atoms with Crippen molar-refractivity contribution in [3.63, 3.8) is 0 Å². The molecule has 0 aliphatic carbocycles. The largest absolute Gasteiger partial charge is 0.380 e. The van der Waals surface area contributed by atoms with Gasteiger partial charge in [-0.25, -0.2) is 0 Å². The Hall–Kier alpha value is -0.0800. The minimum Gasteiger partial charge on any atom is -0.380 e. The van der Waals surface area contributed by atoms with Gasteiger partial charge in [-0.3, -0.25) is 0 Å². The van der Waals surface area contributed by atoms with Crippen molar-refractivity contribution in [2.24, 2.45) is 5.92 Å². The Morgan fingerprint density at radius 2 is 2.09 bits per heavy atom. The van der Waals surface area contributed by atoms with Crippen LogP contribution >= 0.6 is 0 Å². The smallest absolute Gasteiger partial charge is 0.0696 e. The van der Waals surface area contributed by atoms with Crippen molar-refractivity contribution in [3.05, 3.63) is 0 Å². The highest BCUT2D eigenvalue weighted by Gasteiger charge is 2.21. The van der Waals surface area contributed by atoms with Crippen molar-refractivity contribution >= 4 is 0 Å². The molecule has 0 radical (unpaired) electrons. The van der Waals surface area contributed by atoms with Crippen molar-refractivity contribution in [1.29, 1.82) is 0 Å². The van der Waals surface area contributed by atoms with Crippen molar-refractivity contribution < 1.29 is 4.74 Å². The lowest BCUT2D eigenvalue weighted by Crippen LogP contribution is -2.44. The van der Waals surface area contributed by atoms with E-state index in [0.29, 0.717) is 12.1 Å². The molecule has 11 heavy (non-hydrogen) atoms. The number of piperidine rings is 1.